The number of fused-ring (bicyclic) bond motifs is 5. The lowest BCUT2D eigenvalue weighted by molar-refractivity contribution is -0.384. The average Bonchev–Trinajstić information content (AvgIpc) is 3.65. The first-order chi connectivity index (χ1) is 18.9. The van der Waals surface area contributed by atoms with E-state index in [9.17, 15) is 24.5 Å². The summed E-state index contributed by atoms with van der Waals surface area (Å²) in [5.41, 5.74) is -0.707. The molecule has 0 amide bonds. The van der Waals surface area contributed by atoms with Crippen molar-refractivity contribution in [3.63, 3.8) is 0 Å². The first-order valence-electron chi connectivity index (χ1n) is 13.2. The van der Waals surface area contributed by atoms with Crippen LogP contribution in [0.15, 0.2) is 84.9 Å². The number of Topliss-reactive ketones (excluding diaryl/α,β-unsaturated/α-hetero) is 3. The summed E-state index contributed by atoms with van der Waals surface area (Å²) >= 11 is 0. The molecular weight excluding hydrogens is 492 g/mol. The molecule has 7 nitrogen and oxygen atoms in total. The van der Waals surface area contributed by atoms with Gasteiger partial charge in [-0.1, -0.05) is 72.8 Å². The molecule has 2 spiro atoms. The molecule has 0 N–H and O–H groups in total. The van der Waals surface area contributed by atoms with Gasteiger partial charge in [0.1, 0.15) is 11.0 Å². The van der Waals surface area contributed by atoms with Crippen LogP contribution in [0.2, 0.25) is 0 Å². The number of hydrogen-bond acceptors (Lipinski definition) is 6. The predicted molar refractivity (Wildman–Crippen MR) is 143 cm³/mol. The van der Waals surface area contributed by atoms with Crippen molar-refractivity contribution in [3.8, 4) is 0 Å². The van der Waals surface area contributed by atoms with Crippen LogP contribution in [0, 0.1) is 15.5 Å². The first-order valence-corrected chi connectivity index (χ1v) is 13.2. The van der Waals surface area contributed by atoms with Gasteiger partial charge in [-0.05, 0) is 41.3 Å². The second kappa shape index (κ2) is 7.33. The van der Waals surface area contributed by atoms with Crippen LogP contribution >= 0.6 is 0 Å². The fourth-order valence-electron chi connectivity index (χ4n) is 8.41. The number of nitro benzene ring substituents is 1. The SMILES string of the molecule is O=C1c2ccccc2C(=O)C12[C@H](c1ccc([N+](=O)[O-])cc1)[C@H]1CCCN1C21C(=O)c2cccc3cccc1c23. The van der Waals surface area contributed by atoms with Crippen molar-refractivity contribution in [1.29, 1.82) is 0 Å². The summed E-state index contributed by atoms with van der Waals surface area (Å²) in [4.78, 5) is 57.8. The summed E-state index contributed by atoms with van der Waals surface area (Å²) in [5, 5.41) is 13.1. The average molecular weight is 515 g/mol. The van der Waals surface area contributed by atoms with Gasteiger partial charge in [-0.2, -0.15) is 0 Å². The monoisotopic (exact) mass is 514 g/mol. The van der Waals surface area contributed by atoms with E-state index in [0.717, 1.165) is 17.2 Å². The van der Waals surface area contributed by atoms with Crippen LogP contribution in [-0.2, 0) is 5.54 Å². The van der Waals surface area contributed by atoms with Crippen LogP contribution in [0.4, 0.5) is 5.69 Å². The molecule has 3 atom stereocenters. The molecule has 1 unspecified atom stereocenters. The van der Waals surface area contributed by atoms with Crippen LogP contribution in [0.3, 0.4) is 0 Å². The minimum atomic E-state index is -1.73. The molecule has 7 heteroatoms. The summed E-state index contributed by atoms with van der Waals surface area (Å²) in [7, 11) is 0. The Labute approximate surface area is 223 Å². The zero-order chi connectivity index (χ0) is 26.7. The van der Waals surface area contributed by atoms with Crippen molar-refractivity contribution in [2.45, 2.75) is 30.3 Å². The molecule has 0 bridgehead atoms. The van der Waals surface area contributed by atoms with Gasteiger partial charge >= 0.3 is 0 Å². The Bertz CT molecular complexity index is 1770. The van der Waals surface area contributed by atoms with E-state index in [0.29, 0.717) is 40.8 Å². The molecule has 8 rings (SSSR count). The molecule has 190 valence electrons. The summed E-state index contributed by atoms with van der Waals surface area (Å²) in [6, 6.07) is 24.2. The molecule has 2 aliphatic carbocycles. The quantitative estimate of drug-likeness (QED) is 0.200. The van der Waals surface area contributed by atoms with E-state index in [4.69, 9.17) is 0 Å². The smallest absolute Gasteiger partial charge is 0.269 e. The number of rotatable bonds is 2. The van der Waals surface area contributed by atoms with Crippen molar-refractivity contribution in [2.24, 2.45) is 5.41 Å². The molecule has 4 aromatic carbocycles. The summed E-state index contributed by atoms with van der Waals surface area (Å²) < 4.78 is 0. The Morgan fingerprint density at radius 2 is 1.41 bits per heavy atom. The van der Waals surface area contributed by atoms with Crippen LogP contribution in [0.1, 0.15) is 61.0 Å². The van der Waals surface area contributed by atoms with Gasteiger partial charge in [-0.3, -0.25) is 29.4 Å². The number of ketones is 3. The standard InChI is InChI=1S/C32H22N2O5/c35-28-21-8-1-2-9-22(21)29(36)31(28)27(19-13-15-20(16-14-19)34(38)39)25-12-5-17-33(25)32(31)24-11-4-7-18-6-3-10-23(26(18)24)30(32)37/h1-4,6-11,13-16,25,27H,5,12,17H2/t25-,27-,32?/m1/s1. The van der Waals surface area contributed by atoms with Crippen molar-refractivity contribution in [2.75, 3.05) is 6.54 Å². The second-order valence-corrected chi connectivity index (χ2v) is 11.0. The van der Waals surface area contributed by atoms with Crippen LogP contribution in [-0.4, -0.2) is 39.8 Å². The minimum absolute atomic E-state index is 0.0646. The number of nitrogens with zero attached hydrogens (tertiary/aromatic N) is 2. The van der Waals surface area contributed by atoms with E-state index in [1.165, 1.54) is 12.1 Å². The normalized spacial score (nSPS) is 26.2. The maximum Gasteiger partial charge on any atom is 0.269 e. The molecule has 4 aromatic rings. The molecule has 2 fully saturated rings. The molecule has 2 heterocycles. The highest BCUT2D eigenvalue weighted by Crippen LogP contribution is 2.71. The zero-order valence-electron chi connectivity index (χ0n) is 20.8. The lowest BCUT2D eigenvalue weighted by atomic mass is 9.56. The Balaban J connectivity index is 1.51. The number of carbonyl (C=O) groups excluding carboxylic acids is 3. The molecule has 0 radical (unpaired) electrons. The van der Waals surface area contributed by atoms with E-state index in [2.05, 4.69) is 4.90 Å². The maximum absolute atomic E-state index is 14.9. The maximum atomic E-state index is 14.9. The van der Waals surface area contributed by atoms with Crippen LogP contribution in [0.25, 0.3) is 10.8 Å². The fraction of sp³-hybridized carbons (Fsp3) is 0.219. The third kappa shape index (κ3) is 2.33. The number of carbonyl (C=O) groups is 3. The highest BCUT2D eigenvalue weighted by atomic mass is 16.6. The van der Waals surface area contributed by atoms with Gasteiger partial charge in [-0.15, -0.1) is 0 Å². The molecular formula is C32H22N2O5. The molecule has 2 aliphatic heterocycles. The summed E-state index contributed by atoms with van der Waals surface area (Å²) in [5.74, 6) is -1.53. The molecule has 4 aliphatic rings. The third-order valence-electron chi connectivity index (χ3n) is 9.62. The van der Waals surface area contributed by atoms with Gasteiger partial charge in [0, 0.05) is 40.8 Å². The lowest BCUT2D eigenvalue weighted by Gasteiger charge is -2.44. The highest BCUT2D eigenvalue weighted by molar-refractivity contribution is 6.36. The molecule has 0 saturated carbocycles. The first kappa shape index (κ1) is 22.5. The van der Waals surface area contributed by atoms with Crippen LogP contribution < -0.4 is 0 Å². The van der Waals surface area contributed by atoms with Gasteiger partial charge in [-0.25, -0.2) is 0 Å². The van der Waals surface area contributed by atoms with Crippen molar-refractivity contribution in [3.05, 3.63) is 123 Å². The second-order valence-electron chi connectivity index (χ2n) is 11.0. The number of non-ortho nitro benzene ring substituents is 1. The van der Waals surface area contributed by atoms with Crippen molar-refractivity contribution < 1.29 is 19.3 Å². The lowest BCUT2D eigenvalue weighted by Crippen LogP contribution is -2.60. The number of nitro groups is 1. The Morgan fingerprint density at radius 1 is 0.769 bits per heavy atom. The van der Waals surface area contributed by atoms with Gasteiger partial charge in [0.25, 0.3) is 5.69 Å². The van der Waals surface area contributed by atoms with Gasteiger partial charge < -0.3 is 0 Å². The van der Waals surface area contributed by atoms with Gasteiger partial charge in [0.05, 0.1) is 4.92 Å². The van der Waals surface area contributed by atoms with E-state index in [-0.39, 0.29) is 29.1 Å². The summed E-state index contributed by atoms with van der Waals surface area (Å²) in [6.07, 6.45) is 1.53. The Hall–Kier alpha value is -4.49. The van der Waals surface area contributed by atoms with E-state index >= 15 is 0 Å². The fourth-order valence-corrected chi connectivity index (χ4v) is 8.41. The Kier molecular flexibility index (Phi) is 4.23. The minimum Gasteiger partial charge on any atom is -0.293 e. The number of benzene rings is 4. The number of hydrogen-bond donors (Lipinski definition) is 0. The zero-order valence-corrected chi connectivity index (χ0v) is 20.8. The predicted octanol–water partition coefficient (Wildman–Crippen LogP) is 5.47. The van der Waals surface area contributed by atoms with E-state index < -0.39 is 21.8 Å². The molecule has 0 aromatic heterocycles. The van der Waals surface area contributed by atoms with Gasteiger partial charge in [0.2, 0.25) is 0 Å². The van der Waals surface area contributed by atoms with E-state index in [1.54, 1.807) is 42.5 Å². The molecule has 2 saturated heterocycles. The highest BCUT2D eigenvalue weighted by Gasteiger charge is 2.81. The van der Waals surface area contributed by atoms with Crippen molar-refractivity contribution >= 4 is 33.8 Å². The van der Waals surface area contributed by atoms with Crippen LogP contribution in [0.5, 0.6) is 0 Å². The van der Waals surface area contributed by atoms with E-state index in [1.807, 2.05) is 30.3 Å². The molecule has 39 heavy (non-hydrogen) atoms. The third-order valence-corrected chi connectivity index (χ3v) is 9.62. The Morgan fingerprint density at radius 3 is 2.08 bits per heavy atom. The summed E-state index contributed by atoms with van der Waals surface area (Å²) in [6.45, 7) is 0.572. The largest absolute Gasteiger partial charge is 0.293 e. The topological polar surface area (TPSA) is 97.6 Å². The van der Waals surface area contributed by atoms with Gasteiger partial charge in [0.15, 0.2) is 17.3 Å². The van der Waals surface area contributed by atoms with Crippen molar-refractivity contribution in [1.82, 2.24) is 4.90 Å².